The molecule has 0 amide bonds. The molecule has 0 aliphatic rings. The molecule has 2 rings (SSSR count). The van der Waals surface area contributed by atoms with E-state index in [0.29, 0.717) is 10.6 Å². The van der Waals surface area contributed by atoms with Crippen LogP contribution in [0.1, 0.15) is 22.7 Å². The molecule has 0 radical (unpaired) electrons. The lowest BCUT2D eigenvalue weighted by molar-refractivity contribution is 0.598. The van der Waals surface area contributed by atoms with Gasteiger partial charge >= 0.3 is 0 Å². The first kappa shape index (κ1) is 12.1. The molecule has 0 aliphatic heterocycles. The van der Waals surface area contributed by atoms with E-state index in [0.717, 1.165) is 11.1 Å². The van der Waals surface area contributed by atoms with E-state index in [4.69, 9.17) is 17.3 Å². The van der Waals surface area contributed by atoms with E-state index in [2.05, 4.69) is 0 Å². The van der Waals surface area contributed by atoms with E-state index in [1.807, 2.05) is 31.2 Å². The number of hydrogen-bond donors (Lipinski definition) is 1. The zero-order valence-corrected chi connectivity index (χ0v) is 10.2. The quantitative estimate of drug-likeness (QED) is 0.860. The third kappa shape index (κ3) is 2.48. The van der Waals surface area contributed by atoms with Crippen LogP contribution in [0.25, 0.3) is 0 Å². The maximum Gasteiger partial charge on any atom is 0.128 e. The lowest BCUT2D eigenvalue weighted by atomic mass is 9.98. The van der Waals surface area contributed by atoms with Gasteiger partial charge < -0.3 is 5.73 Å². The Balaban J connectivity index is 2.44. The standard InChI is InChI=1S/C14H13ClFN/c1-9-6-7-11(13(16)8-9)14(17)10-4-2-3-5-12(10)15/h2-8,14H,17H2,1H3. The first-order valence-electron chi connectivity index (χ1n) is 5.35. The van der Waals surface area contributed by atoms with Crippen LogP contribution >= 0.6 is 11.6 Å². The largest absolute Gasteiger partial charge is 0.320 e. The van der Waals surface area contributed by atoms with Crippen LogP contribution < -0.4 is 5.73 Å². The van der Waals surface area contributed by atoms with Crippen LogP contribution in [0.3, 0.4) is 0 Å². The molecule has 2 aromatic carbocycles. The molecule has 0 bridgehead atoms. The number of nitrogens with two attached hydrogens (primary N) is 1. The molecule has 0 saturated heterocycles. The van der Waals surface area contributed by atoms with E-state index in [1.54, 1.807) is 12.1 Å². The Hall–Kier alpha value is -1.38. The van der Waals surface area contributed by atoms with Crippen molar-refractivity contribution in [2.24, 2.45) is 5.73 Å². The third-order valence-electron chi connectivity index (χ3n) is 2.73. The molecule has 2 aromatic rings. The maximum absolute atomic E-state index is 13.8. The van der Waals surface area contributed by atoms with Crippen LogP contribution in [0, 0.1) is 12.7 Å². The van der Waals surface area contributed by atoms with Gasteiger partial charge in [0.1, 0.15) is 5.82 Å². The molecular weight excluding hydrogens is 237 g/mol. The van der Waals surface area contributed by atoms with Crippen molar-refractivity contribution in [3.63, 3.8) is 0 Å². The molecule has 0 aliphatic carbocycles. The molecule has 1 nitrogen and oxygen atoms in total. The van der Waals surface area contributed by atoms with Gasteiger partial charge in [-0.3, -0.25) is 0 Å². The highest BCUT2D eigenvalue weighted by molar-refractivity contribution is 6.31. The molecule has 2 N–H and O–H groups in total. The van der Waals surface area contributed by atoms with Crippen molar-refractivity contribution in [1.82, 2.24) is 0 Å². The SMILES string of the molecule is Cc1ccc(C(N)c2ccccc2Cl)c(F)c1. The molecule has 1 atom stereocenters. The molecule has 0 fully saturated rings. The van der Waals surface area contributed by atoms with Gasteiger partial charge in [-0.25, -0.2) is 4.39 Å². The normalized spacial score (nSPS) is 12.5. The van der Waals surface area contributed by atoms with Crippen LogP contribution in [0.2, 0.25) is 5.02 Å². The first-order chi connectivity index (χ1) is 8.09. The monoisotopic (exact) mass is 249 g/mol. The van der Waals surface area contributed by atoms with Crippen molar-refractivity contribution in [3.8, 4) is 0 Å². The summed E-state index contributed by atoms with van der Waals surface area (Å²) in [6.07, 6.45) is 0. The number of halogens is 2. The predicted molar refractivity (Wildman–Crippen MR) is 68.6 cm³/mol. The van der Waals surface area contributed by atoms with Crippen LogP contribution in [0.4, 0.5) is 4.39 Å². The predicted octanol–water partition coefficient (Wildman–Crippen LogP) is 3.84. The second-order valence-electron chi connectivity index (χ2n) is 4.02. The van der Waals surface area contributed by atoms with Crippen molar-refractivity contribution in [1.29, 1.82) is 0 Å². The van der Waals surface area contributed by atoms with Crippen molar-refractivity contribution < 1.29 is 4.39 Å². The van der Waals surface area contributed by atoms with E-state index >= 15 is 0 Å². The smallest absolute Gasteiger partial charge is 0.128 e. The average Bonchev–Trinajstić information content (AvgIpc) is 2.29. The van der Waals surface area contributed by atoms with E-state index in [1.165, 1.54) is 6.07 Å². The van der Waals surface area contributed by atoms with Gasteiger partial charge in [-0.2, -0.15) is 0 Å². The third-order valence-corrected chi connectivity index (χ3v) is 3.08. The van der Waals surface area contributed by atoms with Crippen LogP contribution in [0.5, 0.6) is 0 Å². The lowest BCUT2D eigenvalue weighted by Crippen LogP contribution is -2.14. The summed E-state index contributed by atoms with van der Waals surface area (Å²) >= 11 is 6.05. The minimum atomic E-state index is -0.538. The summed E-state index contributed by atoms with van der Waals surface area (Å²) in [6.45, 7) is 1.84. The topological polar surface area (TPSA) is 26.0 Å². The molecule has 0 heterocycles. The summed E-state index contributed by atoms with van der Waals surface area (Å²) in [7, 11) is 0. The summed E-state index contributed by atoms with van der Waals surface area (Å²) in [4.78, 5) is 0. The summed E-state index contributed by atoms with van der Waals surface area (Å²) in [5.41, 5.74) is 8.11. The molecule has 17 heavy (non-hydrogen) atoms. The van der Waals surface area contributed by atoms with Gasteiger partial charge in [0.25, 0.3) is 0 Å². The van der Waals surface area contributed by atoms with Gasteiger partial charge in [0.05, 0.1) is 6.04 Å². The van der Waals surface area contributed by atoms with Crippen LogP contribution in [-0.4, -0.2) is 0 Å². The fourth-order valence-corrected chi connectivity index (χ4v) is 2.03. The first-order valence-corrected chi connectivity index (χ1v) is 5.73. The molecule has 88 valence electrons. The summed E-state index contributed by atoms with van der Waals surface area (Å²) < 4.78 is 13.8. The zero-order valence-electron chi connectivity index (χ0n) is 9.45. The molecule has 0 saturated carbocycles. The van der Waals surface area contributed by atoms with Gasteiger partial charge in [0.15, 0.2) is 0 Å². The summed E-state index contributed by atoms with van der Waals surface area (Å²) in [5, 5.41) is 0.556. The van der Waals surface area contributed by atoms with Crippen molar-refractivity contribution in [2.75, 3.05) is 0 Å². The Bertz CT molecular complexity index is 539. The van der Waals surface area contributed by atoms with Crippen molar-refractivity contribution in [3.05, 3.63) is 70.0 Å². The minimum Gasteiger partial charge on any atom is -0.320 e. The second kappa shape index (κ2) is 4.86. The molecule has 0 spiro atoms. The van der Waals surface area contributed by atoms with Gasteiger partial charge in [-0.15, -0.1) is 0 Å². The Morgan fingerprint density at radius 1 is 1.12 bits per heavy atom. The van der Waals surface area contributed by atoms with Crippen LogP contribution in [0.15, 0.2) is 42.5 Å². The van der Waals surface area contributed by atoms with E-state index in [-0.39, 0.29) is 5.82 Å². The van der Waals surface area contributed by atoms with Crippen molar-refractivity contribution >= 4 is 11.6 Å². The highest BCUT2D eigenvalue weighted by Crippen LogP contribution is 2.27. The number of benzene rings is 2. The fraction of sp³-hybridized carbons (Fsp3) is 0.143. The van der Waals surface area contributed by atoms with Crippen molar-refractivity contribution in [2.45, 2.75) is 13.0 Å². The van der Waals surface area contributed by atoms with Crippen LogP contribution in [-0.2, 0) is 0 Å². The Morgan fingerprint density at radius 2 is 1.82 bits per heavy atom. The average molecular weight is 250 g/mol. The lowest BCUT2D eigenvalue weighted by Gasteiger charge is -2.15. The highest BCUT2D eigenvalue weighted by atomic mass is 35.5. The molecule has 3 heteroatoms. The Labute approximate surface area is 105 Å². The molecule has 0 aromatic heterocycles. The number of hydrogen-bond acceptors (Lipinski definition) is 1. The number of aryl methyl sites for hydroxylation is 1. The molecule has 1 unspecified atom stereocenters. The second-order valence-corrected chi connectivity index (χ2v) is 4.43. The number of rotatable bonds is 2. The van der Waals surface area contributed by atoms with E-state index < -0.39 is 6.04 Å². The summed E-state index contributed by atoms with van der Waals surface area (Å²) in [5.74, 6) is -0.294. The van der Waals surface area contributed by atoms with Gasteiger partial charge in [0.2, 0.25) is 0 Å². The minimum absolute atomic E-state index is 0.294. The Morgan fingerprint density at radius 3 is 2.47 bits per heavy atom. The fourth-order valence-electron chi connectivity index (χ4n) is 1.78. The van der Waals surface area contributed by atoms with E-state index in [9.17, 15) is 4.39 Å². The zero-order chi connectivity index (χ0) is 12.4. The highest BCUT2D eigenvalue weighted by Gasteiger charge is 2.15. The van der Waals surface area contributed by atoms with Gasteiger partial charge in [-0.1, -0.05) is 41.9 Å². The van der Waals surface area contributed by atoms with Gasteiger partial charge in [-0.05, 0) is 30.2 Å². The maximum atomic E-state index is 13.8. The Kier molecular flexibility index (Phi) is 3.46. The molecular formula is C14H13ClFN. The van der Waals surface area contributed by atoms with Gasteiger partial charge in [0, 0.05) is 10.6 Å². The summed E-state index contributed by atoms with van der Waals surface area (Å²) in [6, 6.07) is 11.7.